The molecule has 1 aliphatic heterocycles. The first kappa shape index (κ1) is 9.84. The number of aliphatic carboxylic acids is 1. The molecule has 1 heterocycles. The Hall–Kier alpha value is -1.25. The zero-order valence-electron chi connectivity index (χ0n) is 7.65. The van der Waals surface area contributed by atoms with Crippen LogP contribution in [0.1, 0.15) is 12.8 Å². The maximum Gasteiger partial charge on any atom is 0.312 e. The van der Waals surface area contributed by atoms with Gasteiger partial charge < -0.3 is 10.0 Å². The summed E-state index contributed by atoms with van der Waals surface area (Å²) in [5.74, 6) is -1.27. The van der Waals surface area contributed by atoms with Gasteiger partial charge in [-0.1, -0.05) is 12.7 Å². The second-order valence-corrected chi connectivity index (χ2v) is 3.23. The molecular weight excluding hydrogens is 166 g/mol. The summed E-state index contributed by atoms with van der Waals surface area (Å²) in [6.45, 7) is 8.13. The number of carboxylic acid groups (broad SMARTS) is 1. The highest BCUT2D eigenvalue weighted by Crippen LogP contribution is 2.24. The highest BCUT2D eigenvalue weighted by molar-refractivity contribution is 5.73. The van der Waals surface area contributed by atoms with E-state index >= 15 is 0 Å². The van der Waals surface area contributed by atoms with Gasteiger partial charge in [0, 0.05) is 12.6 Å². The lowest BCUT2D eigenvalue weighted by molar-refractivity contribution is -0.141. The molecule has 0 spiro atoms. The number of likely N-dealkylation sites (tertiary alicyclic amines) is 1. The summed E-state index contributed by atoms with van der Waals surface area (Å²) in [7, 11) is 0. The number of nitrogens with zero attached hydrogens (tertiary/aromatic N) is 1. The van der Waals surface area contributed by atoms with E-state index in [0.29, 0.717) is 0 Å². The molecule has 2 atom stereocenters. The Morgan fingerprint density at radius 3 is 2.77 bits per heavy atom. The van der Waals surface area contributed by atoms with E-state index in [9.17, 15) is 4.79 Å². The first-order chi connectivity index (χ1) is 6.20. The first-order valence-electron chi connectivity index (χ1n) is 4.44. The van der Waals surface area contributed by atoms with Crippen molar-refractivity contribution in [3.8, 4) is 0 Å². The molecule has 1 saturated heterocycles. The van der Waals surface area contributed by atoms with Gasteiger partial charge in [0.2, 0.25) is 0 Å². The van der Waals surface area contributed by atoms with Crippen LogP contribution in [0.4, 0.5) is 0 Å². The highest BCUT2D eigenvalue weighted by Gasteiger charge is 2.32. The van der Waals surface area contributed by atoms with Crippen LogP contribution >= 0.6 is 0 Å². The summed E-state index contributed by atoms with van der Waals surface area (Å²) in [6, 6.07) is 0.0486. The molecule has 1 aliphatic rings. The van der Waals surface area contributed by atoms with E-state index in [1.54, 1.807) is 6.20 Å². The Morgan fingerprint density at radius 2 is 2.31 bits per heavy atom. The number of hydrogen-bond acceptors (Lipinski definition) is 2. The summed E-state index contributed by atoms with van der Waals surface area (Å²) >= 11 is 0. The molecule has 1 rings (SSSR count). The van der Waals surface area contributed by atoms with Gasteiger partial charge in [-0.25, -0.2) is 0 Å². The van der Waals surface area contributed by atoms with Crippen LogP contribution in [0.25, 0.3) is 0 Å². The summed E-state index contributed by atoms with van der Waals surface area (Å²) in [6.07, 6.45) is 5.18. The van der Waals surface area contributed by atoms with Crippen molar-refractivity contribution in [2.24, 2.45) is 5.92 Å². The van der Waals surface area contributed by atoms with E-state index in [1.807, 2.05) is 4.90 Å². The second-order valence-electron chi connectivity index (χ2n) is 3.23. The predicted octanol–water partition coefficient (Wildman–Crippen LogP) is 1.48. The summed E-state index contributed by atoms with van der Waals surface area (Å²) in [5.41, 5.74) is 0. The molecule has 0 radical (unpaired) electrons. The average molecular weight is 181 g/mol. The SMILES string of the molecule is C=CC(C(=O)O)C1CCCN1C=C. The minimum absolute atomic E-state index is 0.0486. The van der Waals surface area contributed by atoms with E-state index in [4.69, 9.17) is 5.11 Å². The van der Waals surface area contributed by atoms with Gasteiger partial charge in [-0.3, -0.25) is 4.79 Å². The normalized spacial score (nSPS) is 24.0. The maximum atomic E-state index is 10.8. The third-order valence-corrected chi connectivity index (χ3v) is 2.53. The van der Waals surface area contributed by atoms with Crippen molar-refractivity contribution in [2.45, 2.75) is 18.9 Å². The first-order valence-corrected chi connectivity index (χ1v) is 4.44. The molecule has 3 nitrogen and oxygen atoms in total. The molecule has 13 heavy (non-hydrogen) atoms. The third kappa shape index (κ3) is 1.91. The third-order valence-electron chi connectivity index (χ3n) is 2.53. The number of rotatable bonds is 4. The molecule has 0 aromatic heterocycles. The van der Waals surface area contributed by atoms with E-state index in [-0.39, 0.29) is 6.04 Å². The average Bonchev–Trinajstić information content (AvgIpc) is 2.53. The Kier molecular flexibility index (Phi) is 3.12. The van der Waals surface area contributed by atoms with Crippen LogP contribution in [0.3, 0.4) is 0 Å². The molecule has 3 heteroatoms. The fourth-order valence-electron chi connectivity index (χ4n) is 1.85. The van der Waals surface area contributed by atoms with Gasteiger partial charge in [-0.2, -0.15) is 0 Å². The standard InChI is InChI=1S/C10H15NO2/c1-3-8(10(12)13)9-6-5-7-11(9)4-2/h3-4,8-9H,1-2,5-7H2,(H,12,13). The van der Waals surface area contributed by atoms with Crippen molar-refractivity contribution in [3.05, 3.63) is 25.4 Å². The number of hydrogen-bond donors (Lipinski definition) is 1. The van der Waals surface area contributed by atoms with Gasteiger partial charge in [0.15, 0.2) is 0 Å². The Balaban J connectivity index is 2.72. The van der Waals surface area contributed by atoms with Crippen LogP contribution in [0, 0.1) is 5.92 Å². The van der Waals surface area contributed by atoms with E-state index < -0.39 is 11.9 Å². The van der Waals surface area contributed by atoms with Crippen molar-refractivity contribution in [1.82, 2.24) is 4.90 Å². The van der Waals surface area contributed by atoms with Crippen LogP contribution in [0.5, 0.6) is 0 Å². The molecule has 0 aliphatic carbocycles. The van der Waals surface area contributed by atoms with Gasteiger partial charge in [-0.15, -0.1) is 6.58 Å². The Bertz CT molecular complexity index is 225. The summed E-state index contributed by atoms with van der Waals surface area (Å²) in [4.78, 5) is 12.8. The summed E-state index contributed by atoms with van der Waals surface area (Å²) in [5, 5.41) is 8.91. The number of carboxylic acids is 1. The zero-order chi connectivity index (χ0) is 9.84. The van der Waals surface area contributed by atoms with Crippen molar-refractivity contribution in [1.29, 1.82) is 0 Å². The van der Waals surface area contributed by atoms with Crippen molar-refractivity contribution in [3.63, 3.8) is 0 Å². The summed E-state index contributed by atoms with van der Waals surface area (Å²) < 4.78 is 0. The molecule has 0 aromatic carbocycles. The molecule has 0 bridgehead atoms. The van der Waals surface area contributed by atoms with Gasteiger partial charge in [0.1, 0.15) is 0 Å². The smallest absolute Gasteiger partial charge is 0.312 e. The van der Waals surface area contributed by atoms with Gasteiger partial charge >= 0.3 is 5.97 Å². The topological polar surface area (TPSA) is 40.5 Å². The molecule has 1 fully saturated rings. The van der Waals surface area contributed by atoms with Gasteiger partial charge in [0.05, 0.1) is 5.92 Å². The lowest BCUT2D eigenvalue weighted by atomic mass is 9.98. The molecule has 72 valence electrons. The highest BCUT2D eigenvalue weighted by atomic mass is 16.4. The Labute approximate surface area is 78.4 Å². The fourth-order valence-corrected chi connectivity index (χ4v) is 1.85. The van der Waals surface area contributed by atoms with Crippen molar-refractivity contribution >= 4 is 5.97 Å². The number of carbonyl (C=O) groups is 1. The fraction of sp³-hybridized carbons (Fsp3) is 0.500. The molecule has 0 aromatic rings. The van der Waals surface area contributed by atoms with Gasteiger partial charge in [0.25, 0.3) is 0 Å². The van der Waals surface area contributed by atoms with Gasteiger partial charge in [-0.05, 0) is 19.0 Å². The maximum absolute atomic E-state index is 10.8. The monoisotopic (exact) mass is 181 g/mol. The lowest BCUT2D eigenvalue weighted by Crippen LogP contribution is -2.35. The van der Waals surface area contributed by atoms with E-state index in [2.05, 4.69) is 13.2 Å². The predicted molar refractivity (Wildman–Crippen MR) is 51.2 cm³/mol. The zero-order valence-corrected chi connectivity index (χ0v) is 7.65. The lowest BCUT2D eigenvalue weighted by Gasteiger charge is -2.25. The van der Waals surface area contributed by atoms with Crippen LogP contribution in [-0.2, 0) is 4.79 Å². The second kappa shape index (κ2) is 4.12. The minimum Gasteiger partial charge on any atom is -0.481 e. The molecule has 1 N–H and O–H groups in total. The quantitative estimate of drug-likeness (QED) is 0.668. The van der Waals surface area contributed by atoms with Crippen LogP contribution in [0.15, 0.2) is 25.4 Å². The van der Waals surface area contributed by atoms with E-state index in [1.165, 1.54) is 6.08 Å². The Morgan fingerprint density at radius 1 is 1.62 bits per heavy atom. The van der Waals surface area contributed by atoms with Crippen molar-refractivity contribution < 1.29 is 9.90 Å². The minimum atomic E-state index is -0.797. The molecular formula is C10H15NO2. The van der Waals surface area contributed by atoms with E-state index in [0.717, 1.165) is 19.4 Å². The molecule has 0 saturated carbocycles. The van der Waals surface area contributed by atoms with Crippen LogP contribution < -0.4 is 0 Å². The largest absolute Gasteiger partial charge is 0.481 e. The molecule has 0 amide bonds. The molecule has 2 unspecified atom stereocenters. The van der Waals surface area contributed by atoms with Crippen molar-refractivity contribution in [2.75, 3.05) is 6.54 Å². The van der Waals surface area contributed by atoms with Crippen LogP contribution in [-0.4, -0.2) is 28.6 Å². The van der Waals surface area contributed by atoms with Crippen LogP contribution in [0.2, 0.25) is 0 Å².